The molecule has 0 spiro atoms. The Morgan fingerprint density at radius 1 is 1.09 bits per heavy atom. The number of benzene rings is 3. The van der Waals surface area contributed by atoms with Crippen LogP contribution in [0.1, 0.15) is 36.6 Å². The Kier molecular flexibility index (Phi) is 6.42. The van der Waals surface area contributed by atoms with Crippen LogP contribution in [0.2, 0.25) is 0 Å². The number of aryl methyl sites for hydroxylation is 2. The minimum absolute atomic E-state index is 0.110. The standard InChI is InChI=1S/C26H28N2O4S/c1-4-20-11-13-21(14-12-20)19(3)27-26(29)25-17-28(23-16-18(2)10-15-24(23)32-25)33(30,31)22-8-6-5-7-9-22/h5-16,19,25H,4,17H2,1-3H3,(H,27,29)/t19-,25+/m1/s1. The highest BCUT2D eigenvalue weighted by Gasteiger charge is 2.38. The molecule has 1 N–H and O–H groups in total. The van der Waals surface area contributed by atoms with E-state index >= 15 is 0 Å². The van der Waals surface area contributed by atoms with Crippen LogP contribution in [-0.4, -0.2) is 27.0 Å². The first kappa shape index (κ1) is 22.9. The first-order valence-electron chi connectivity index (χ1n) is 11.0. The van der Waals surface area contributed by atoms with Gasteiger partial charge < -0.3 is 10.1 Å². The number of sulfonamides is 1. The second kappa shape index (κ2) is 9.27. The van der Waals surface area contributed by atoms with E-state index in [-0.39, 0.29) is 23.4 Å². The fourth-order valence-electron chi connectivity index (χ4n) is 3.88. The average Bonchev–Trinajstić information content (AvgIpc) is 2.83. The molecule has 0 unspecified atom stereocenters. The van der Waals surface area contributed by atoms with Crippen molar-refractivity contribution in [3.05, 3.63) is 89.5 Å². The van der Waals surface area contributed by atoms with Gasteiger partial charge in [-0.05, 0) is 61.2 Å². The van der Waals surface area contributed by atoms with Gasteiger partial charge in [-0.2, -0.15) is 0 Å². The lowest BCUT2D eigenvalue weighted by atomic mass is 10.0. The third-order valence-corrected chi connectivity index (χ3v) is 7.65. The number of fused-ring (bicyclic) bond motifs is 1. The van der Waals surface area contributed by atoms with Gasteiger partial charge in [-0.3, -0.25) is 9.10 Å². The van der Waals surface area contributed by atoms with Crippen molar-refractivity contribution in [3.8, 4) is 5.75 Å². The number of nitrogens with zero attached hydrogens (tertiary/aromatic N) is 1. The Hall–Kier alpha value is -3.32. The molecule has 2 atom stereocenters. The van der Waals surface area contributed by atoms with Gasteiger partial charge in [-0.15, -0.1) is 0 Å². The lowest BCUT2D eigenvalue weighted by Gasteiger charge is -2.35. The molecule has 4 rings (SSSR count). The molecule has 1 aliphatic heterocycles. The molecule has 3 aromatic rings. The highest BCUT2D eigenvalue weighted by molar-refractivity contribution is 7.92. The molecular weight excluding hydrogens is 436 g/mol. The molecule has 1 heterocycles. The van der Waals surface area contributed by atoms with Gasteiger partial charge in [0.05, 0.1) is 23.2 Å². The van der Waals surface area contributed by atoms with E-state index in [0.29, 0.717) is 11.4 Å². The normalized spacial score (nSPS) is 16.5. The minimum atomic E-state index is -3.87. The zero-order valence-electron chi connectivity index (χ0n) is 19.0. The Balaban J connectivity index is 1.61. The molecule has 7 heteroatoms. The summed E-state index contributed by atoms with van der Waals surface area (Å²) >= 11 is 0. The highest BCUT2D eigenvalue weighted by atomic mass is 32.2. The van der Waals surface area contributed by atoms with Gasteiger partial charge in [-0.1, -0.05) is 55.5 Å². The summed E-state index contributed by atoms with van der Waals surface area (Å²) in [6, 6.07) is 21.4. The number of ether oxygens (including phenoxy) is 1. The van der Waals surface area contributed by atoms with E-state index in [1.165, 1.54) is 9.87 Å². The summed E-state index contributed by atoms with van der Waals surface area (Å²) in [6.07, 6.45) is -0.0299. The SMILES string of the molecule is CCc1ccc([C@@H](C)NC(=O)[C@@H]2CN(S(=O)(=O)c3ccccc3)c3cc(C)ccc3O2)cc1. The van der Waals surface area contributed by atoms with E-state index in [1.54, 1.807) is 42.5 Å². The highest BCUT2D eigenvalue weighted by Crippen LogP contribution is 2.37. The zero-order valence-corrected chi connectivity index (χ0v) is 19.8. The van der Waals surface area contributed by atoms with Crippen LogP contribution in [0, 0.1) is 6.92 Å². The number of rotatable bonds is 6. The van der Waals surface area contributed by atoms with Crippen LogP contribution in [-0.2, 0) is 21.2 Å². The molecular formula is C26H28N2O4S. The molecule has 0 bridgehead atoms. The van der Waals surface area contributed by atoms with Crippen LogP contribution < -0.4 is 14.4 Å². The summed E-state index contributed by atoms with van der Waals surface area (Å²) < 4.78 is 34.2. The third-order valence-electron chi connectivity index (χ3n) is 5.85. The summed E-state index contributed by atoms with van der Waals surface area (Å²) in [5, 5.41) is 2.97. The van der Waals surface area contributed by atoms with Crippen LogP contribution in [0.3, 0.4) is 0 Å². The van der Waals surface area contributed by atoms with Crippen molar-refractivity contribution in [2.45, 2.75) is 44.2 Å². The largest absolute Gasteiger partial charge is 0.476 e. The molecule has 3 aromatic carbocycles. The lowest BCUT2D eigenvalue weighted by molar-refractivity contribution is -0.128. The van der Waals surface area contributed by atoms with Crippen molar-refractivity contribution in [2.75, 3.05) is 10.8 Å². The second-order valence-electron chi connectivity index (χ2n) is 8.25. The zero-order chi connectivity index (χ0) is 23.6. The van der Waals surface area contributed by atoms with E-state index in [1.807, 2.05) is 44.2 Å². The maximum absolute atomic E-state index is 13.5. The topological polar surface area (TPSA) is 75.7 Å². The number of carbonyl (C=O) groups excluding carboxylic acids is 1. The fraction of sp³-hybridized carbons (Fsp3) is 0.269. The van der Waals surface area contributed by atoms with Gasteiger partial charge in [0.1, 0.15) is 5.75 Å². The van der Waals surface area contributed by atoms with Crippen LogP contribution >= 0.6 is 0 Å². The number of hydrogen-bond acceptors (Lipinski definition) is 4. The van der Waals surface area contributed by atoms with E-state index in [4.69, 9.17) is 4.74 Å². The van der Waals surface area contributed by atoms with Gasteiger partial charge in [0.2, 0.25) is 0 Å². The van der Waals surface area contributed by atoms with Crippen molar-refractivity contribution < 1.29 is 17.9 Å². The fourth-order valence-corrected chi connectivity index (χ4v) is 5.37. The van der Waals surface area contributed by atoms with Gasteiger partial charge in [0.25, 0.3) is 15.9 Å². The summed E-state index contributed by atoms with van der Waals surface area (Å²) in [7, 11) is -3.87. The van der Waals surface area contributed by atoms with E-state index in [2.05, 4.69) is 12.2 Å². The molecule has 1 aliphatic rings. The first-order chi connectivity index (χ1) is 15.8. The summed E-state index contributed by atoms with van der Waals surface area (Å²) in [5.41, 5.74) is 3.53. The van der Waals surface area contributed by atoms with E-state index in [9.17, 15) is 13.2 Å². The Morgan fingerprint density at radius 3 is 2.45 bits per heavy atom. The first-order valence-corrected chi connectivity index (χ1v) is 12.5. The van der Waals surface area contributed by atoms with Crippen LogP contribution in [0.4, 0.5) is 5.69 Å². The van der Waals surface area contributed by atoms with Gasteiger partial charge in [0.15, 0.2) is 6.10 Å². The predicted octanol–water partition coefficient (Wildman–Crippen LogP) is 4.39. The van der Waals surface area contributed by atoms with Crippen molar-refractivity contribution in [2.24, 2.45) is 0 Å². The lowest BCUT2D eigenvalue weighted by Crippen LogP contribution is -2.51. The number of carbonyl (C=O) groups is 1. The van der Waals surface area contributed by atoms with Crippen LogP contribution in [0.25, 0.3) is 0 Å². The maximum atomic E-state index is 13.5. The molecule has 0 fully saturated rings. The Labute approximate surface area is 195 Å². The number of anilines is 1. The van der Waals surface area contributed by atoms with Gasteiger partial charge >= 0.3 is 0 Å². The molecule has 33 heavy (non-hydrogen) atoms. The van der Waals surface area contributed by atoms with Crippen molar-refractivity contribution in [1.82, 2.24) is 5.32 Å². The van der Waals surface area contributed by atoms with Crippen LogP contribution in [0.15, 0.2) is 77.7 Å². The Morgan fingerprint density at radius 2 is 1.79 bits per heavy atom. The Bertz CT molecular complexity index is 1240. The monoisotopic (exact) mass is 464 g/mol. The van der Waals surface area contributed by atoms with Gasteiger partial charge in [0, 0.05) is 0 Å². The number of nitrogens with one attached hydrogen (secondary N) is 1. The van der Waals surface area contributed by atoms with E-state index < -0.39 is 16.1 Å². The van der Waals surface area contributed by atoms with Crippen LogP contribution in [0.5, 0.6) is 5.75 Å². The summed E-state index contributed by atoms with van der Waals surface area (Å²) in [6.45, 7) is 5.77. The molecule has 0 saturated carbocycles. The van der Waals surface area contributed by atoms with E-state index in [0.717, 1.165) is 17.5 Å². The molecule has 1 amide bonds. The smallest absolute Gasteiger partial charge is 0.264 e. The molecule has 0 saturated heterocycles. The average molecular weight is 465 g/mol. The summed E-state index contributed by atoms with van der Waals surface area (Å²) in [5.74, 6) is 0.00742. The summed E-state index contributed by atoms with van der Waals surface area (Å²) in [4.78, 5) is 13.3. The minimum Gasteiger partial charge on any atom is -0.476 e. The number of amides is 1. The molecule has 0 aliphatic carbocycles. The molecule has 0 radical (unpaired) electrons. The van der Waals surface area contributed by atoms with Crippen molar-refractivity contribution in [1.29, 1.82) is 0 Å². The van der Waals surface area contributed by atoms with Crippen molar-refractivity contribution >= 4 is 21.6 Å². The molecule has 6 nitrogen and oxygen atoms in total. The molecule has 172 valence electrons. The quantitative estimate of drug-likeness (QED) is 0.587. The number of hydrogen-bond donors (Lipinski definition) is 1. The predicted molar refractivity (Wildman–Crippen MR) is 129 cm³/mol. The third kappa shape index (κ3) is 4.73. The van der Waals surface area contributed by atoms with Crippen molar-refractivity contribution in [3.63, 3.8) is 0 Å². The second-order valence-corrected chi connectivity index (χ2v) is 10.1. The maximum Gasteiger partial charge on any atom is 0.264 e. The molecule has 0 aromatic heterocycles. The van der Waals surface area contributed by atoms with Gasteiger partial charge in [-0.25, -0.2) is 8.42 Å².